The normalized spacial score (nSPS) is 12.7. The number of nitrogens with two attached hydrogens (primary N) is 1. The van der Waals surface area contributed by atoms with E-state index in [1.807, 2.05) is 0 Å². The van der Waals surface area contributed by atoms with E-state index < -0.39 is 23.5 Å². The summed E-state index contributed by atoms with van der Waals surface area (Å²) in [6.45, 7) is 0.257. The van der Waals surface area contributed by atoms with Crippen LogP contribution in [0.4, 0.5) is 26.3 Å². The van der Waals surface area contributed by atoms with Crippen molar-refractivity contribution in [2.45, 2.75) is 24.7 Å². The second kappa shape index (κ2) is 6.84. The molecule has 0 spiro atoms. The minimum Gasteiger partial charge on any atom is -0.330 e. The van der Waals surface area contributed by atoms with Gasteiger partial charge in [0.05, 0.1) is 11.1 Å². The fourth-order valence-corrected chi connectivity index (χ4v) is 2.50. The molecule has 2 rings (SSSR count). The van der Waals surface area contributed by atoms with Crippen molar-refractivity contribution in [3.05, 3.63) is 70.8 Å². The fraction of sp³-hybridized carbons (Fsp3) is 0.294. The third kappa shape index (κ3) is 4.29. The first kappa shape index (κ1) is 18.3. The average molecular weight is 347 g/mol. The Bertz CT molecular complexity index is 598. The topological polar surface area (TPSA) is 26.0 Å². The quantitative estimate of drug-likeness (QED) is 0.756. The lowest BCUT2D eigenvalue weighted by Crippen LogP contribution is -2.11. The maximum Gasteiger partial charge on any atom is 0.416 e. The molecule has 130 valence electrons. The van der Waals surface area contributed by atoms with Crippen LogP contribution in [0.25, 0.3) is 0 Å². The Morgan fingerprint density at radius 3 is 1.25 bits per heavy atom. The highest BCUT2D eigenvalue weighted by atomic mass is 19.4. The molecule has 0 aromatic heterocycles. The molecule has 0 bridgehead atoms. The molecule has 0 saturated heterocycles. The van der Waals surface area contributed by atoms with Crippen molar-refractivity contribution in [3.8, 4) is 0 Å². The van der Waals surface area contributed by atoms with Gasteiger partial charge in [0.2, 0.25) is 0 Å². The first-order valence-corrected chi connectivity index (χ1v) is 7.17. The maximum absolute atomic E-state index is 12.6. The summed E-state index contributed by atoms with van der Waals surface area (Å²) in [5, 5.41) is 0. The summed E-state index contributed by atoms with van der Waals surface area (Å²) in [7, 11) is 0. The smallest absolute Gasteiger partial charge is 0.330 e. The first-order valence-electron chi connectivity index (χ1n) is 7.17. The van der Waals surface area contributed by atoms with Gasteiger partial charge in [-0.05, 0) is 48.4 Å². The zero-order valence-corrected chi connectivity index (χ0v) is 12.5. The number of alkyl halides is 6. The summed E-state index contributed by atoms with van der Waals surface area (Å²) in [5.41, 5.74) is 5.15. The highest BCUT2D eigenvalue weighted by Crippen LogP contribution is 2.34. The Morgan fingerprint density at radius 1 is 0.667 bits per heavy atom. The van der Waals surface area contributed by atoms with E-state index in [4.69, 9.17) is 5.73 Å². The standard InChI is InChI=1S/C17H15F6N/c18-16(19,20)13-5-1-11(2-6-13)15(9-10-24)12-3-7-14(8-4-12)17(21,22)23/h1-8,15H,9-10,24H2. The van der Waals surface area contributed by atoms with E-state index in [1.165, 1.54) is 24.3 Å². The highest BCUT2D eigenvalue weighted by Gasteiger charge is 2.31. The number of halogens is 6. The predicted molar refractivity (Wildman–Crippen MR) is 78.4 cm³/mol. The van der Waals surface area contributed by atoms with Gasteiger partial charge in [-0.25, -0.2) is 0 Å². The van der Waals surface area contributed by atoms with Crippen LogP contribution in [0.1, 0.15) is 34.6 Å². The molecule has 24 heavy (non-hydrogen) atoms. The summed E-state index contributed by atoms with van der Waals surface area (Å²) in [5.74, 6) is -0.362. The molecule has 0 aliphatic heterocycles. The molecule has 2 aromatic rings. The SMILES string of the molecule is NCCC(c1ccc(C(F)(F)F)cc1)c1ccc(C(F)(F)F)cc1. The van der Waals surface area contributed by atoms with Crippen molar-refractivity contribution in [3.63, 3.8) is 0 Å². The Kier molecular flexibility index (Phi) is 5.22. The molecule has 7 heteroatoms. The predicted octanol–water partition coefficient (Wildman–Crippen LogP) is 5.20. The van der Waals surface area contributed by atoms with E-state index >= 15 is 0 Å². The third-order valence-electron chi connectivity index (χ3n) is 3.74. The molecule has 0 aliphatic rings. The van der Waals surface area contributed by atoms with E-state index in [1.54, 1.807) is 0 Å². The maximum atomic E-state index is 12.6. The van der Waals surface area contributed by atoms with Crippen molar-refractivity contribution in [2.24, 2.45) is 5.73 Å². The van der Waals surface area contributed by atoms with E-state index in [0.717, 1.165) is 24.3 Å². The van der Waals surface area contributed by atoms with Crippen LogP contribution in [-0.2, 0) is 12.4 Å². The Morgan fingerprint density at radius 2 is 1.00 bits per heavy atom. The monoisotopic (exact) mass is 347 g/mol. The second-order valence-corrected chi connectivity index (χ2v) is 5.37. The van der Waals surface area contributed by atoms with E-state index in [-0.39, 0.29) is 12.5 Å². The zero-order chi connectivity index (χ0) is 18.0. The highest BCUT2D eigenvalue weighted by molar-refractivity contribution is 5.36. The number of hydrogen-bond donors (Lipinski definition) is 1. The van der Waals surface area contributed by atoms with Gasteiger partial charge in [0.25, 0.3) is 0 Å². The summed E-state index contributed by atoms with van der Waals surface area (Å²) in [6, 6.07) is 9.18. The molecule has 0 saturated carbocycles. The second-order valence-electron chi connectivity index (χ2n) is 5.37. The van der Waals surface area contributed by atoms with Crippen LogP contribution in [0.15, 0.2) is 48.5 Å². The van der Waals surface area contributed by atoms with Gasteiger partial charge in [-0.3, -0.25) is 0 Å². The summed E-state index contributed by atoms with van der Waals surface area (Å²) in [6.07, 6.45) is -8.46. The number of rotatable bonds is 4. The van der Waals surface area contributed by atoms with Crippen LogP contribution in [-0.4, -0.2) is 6.54 Å². The van der Waals surface area contributed by atoms with Gasteiger partial charge in [0, 0.05) is 5.92 Å². The van der Waals surface area contributed by atoms with Crippen LogP contribution < -0.4 is 5.73 Å². The summed E-state index contributed by atoms with van der Waals surface area (Å²) >= 11 is 0. The Balaban J connectivity index is 2.32. The molecule has 0 amide bonds. The van der Waals surface area contributed by atoms with Crippen LogP contribution >= 0.6 is 0 Å². The summed E-state index contributed by atoms with van der Waals surface area (Å²) < 4.78 is 75.7. The minimum absolute atomic E-state index is 0.257. The van der Waals surface area contributed by atoms with Gasteiger partial charge < -0.3 is 5.73 Å². The average Bonchev–Trinajstić information content (AvgIpc) is 2.51. The Hall–Kier alpha value is -2.02. The molecular formula is C17H15F6N. The van der Waals surface area contributed by atoms with Gasteiger partial charge in [-0.2, -0.15) is 26.3 Å². The molecule has 0 atom stereocenters. The van der Waals surface area contributed by atoms with Gasteiger partial charge in [0.15, 0.2) is 0 Å². The van der Waals surface area contributed by atoms with E-state index in [0.29, 0.717) is 17.5 Å². The van der Waals surface area contributed by atoms with Crippen LogP contribution in [0.2, 0.25) is 0 Å². The molecule has 2 aromatic carbocycles. The van der Waals surface area contributed by atoms with Crippen molar-refractivity contribution < 1.29 is 26.3 Å². The Labute approximate surface area is 135 Å². The fourth-order valence-electron chi connectivity index (χ4n) is 2.50. The van der Waals surface area contributed by atoms with Crippen molar-refractivity contribution in [2.75, 3.05) is 6.54 Å². The molecule has 0 radical (unpaired) electrons. The van der Waals surface area contributed by atoms with Gasteiger partial charge in [-0.1, -0.05) is 24.3 Å². The van der Waals surface area contributed by atoms with E-state index in [9.17, 15) is 26.3 Å². The van der Waals surface area contributed by atoms with Gasteiger partial charge >= 0.3 is 12.4 Å². The lowest BCUT2D eigenvalue weighted by molar-refractivity contribution is -0.138. The third-order valence-corrected chi connectivity index (χ3v) is 3.74. The van der Waals surface area contributed by atoms with Crippen LogP contribution in [0, 0.1) is 0 Å². The van der Waals surface area contributed by atoms with Crippen molar-refractivity contribution in [1.29, 1.82) is 0 Å². The lowest BCUT2D eigenvalue weighted by atomic mass is 9.87. The van der Waals surface area contributed by atoms with E-state index in [2.05, 4.69) is 0 Å². The molecule has 0 fully saturated rings. The molecule has 2 N–H and O–H groups in total. The molecule has 0 heterocycles. The number of benzene rings is 2. The number of hydrogen-bond acceptors (Lipinski definition) is 1. The first-order chi connectivity index (χ1) is 11.1. The lowest BCUT2D eigenvalue weighted by Gasteiger charge is -2.19. The molecular weight excluding hydrogens is 332 g/mol. The van der Waals surface area contributed by atoms with Gasteiger partial charge in [-0.15, -0.1) is 0 Å². The molecule has 0 aliphatic carbocycles. The van der Waals surface area contributed by atoms with Crippen molar-refractivity contribution in [1.82, 2.24) is 0 Å². The molecule has 0 unspecified atom stereocenters. The van der Waals surface area contributed by atoms with Crippen molar-refractivity contribution >= 4 is 0 Å². The molecule has 1 nitrogen and oxygen atoms in total. The van der Waals surface area contributed by atoms with Crippen LogP contribution in [0.5, 0.6) is 0 Å². The zero-order valence-electron chi connectivity index (χ0n) is 12.5. The minimum atomic E-state index is -4.43. The van der Waals surface area contributed by atoms with Crippen LogP contribution in [0.3, 0.4) is 0 Å². The largest absolute Gasteiger partial charge is 0.416 e. The van der Waals surface area contributed by atoms with Gasteiger partial charge in [0.1, 0.15) is 0 Å². The summed E-state index contributed by atoms with van der Waals surface area (Å²) in [4.78, 5) is 0.